The first-order valence-corrected chi connectivity index (χ1v) is 6.75. The number of carbonyl (C=O) groups excluding carboxylic acids is 2. The number of hydrogen-bond donors (Lipinski definition) is 0. The zero-order valence-corrected chi connectivity index (χ0v) is 10.7. The van der Waals surface area contributed by atoms with E-state index in [1.165, 1.54) is 0 Å². The summed E-state index contributed by atoms with van der Waals surface area (Å²) < 4.78 is 0. The maximum Gasteiger partial charge on any atom is 0.227 e. The summed E-state index contributed by atoms with van der Waals surface area (Å²) in [5, 5.41) is 0. The van der Waals surface area contributed by atoms with Crippen molar-refractivity contribution >= 4 is 29.0 Å². The molecule has 1 unspecified atom stereocenters. The van der Waals surface area contributed by atoms with E-state index in [9.17, 15) is 9.59 Å². The van der Waals surface area contributed by atoms with Crippen molar-refractivity contribution in [3.8, 4) is 0 Å². The first-order chi connectivity index (χ1) is 8.69. The molecule has 3 nitrogen and oxygen atoms in total. The van der Waals surface area contributed by atoms with Gasteiger partial charge < -0.3 is 4.90 Å². The molecule has 1 fully saturated rings. The highest BCUT2D eigenvalue weighted by Gasteiger charge is 2.31. The number of fused-ring (bicyclic) bond motifs is 1. The third kappa shape index (κ3) is 1.83. The van der Waals surface area contributed by atoms with Gasteiger partial charge in [0.15, 0.2) is 5.78 Å². The van der Waals surface area contributed by atoms with Crippen LogP contribution in [0.2, 0.25) is 0 Å². The minimum absolute atomic E-state index is 0.130. The van der Waals surface area contributed by atoms with Crippen LogP contribution in [-0.4, -0.2) is 24.1 Å². The van der Waals surface area contributed by atoms with Crippen molar-refractivity contribution in [2.24, 2.45) is 5.92 Å². The third-order valence-corrected chi connectivity index (χ3v) is 4.18. The van der Waals surface area contributed by atoms with Gasteiger partial charge in [0.25, 0.3) is 0 Å². The number of carbonyl (C=O) groups is 2. The monoisotopic (exact) mass is 263 g/mol. The van der Waals surface area contributed by atoms with Crippen molar-refractivity contribution in [1.29, 1.82) is 0 Å². The Balaban J connectivity index is 1.90. The molecule has 2 aliphatic rings. The fourth-order valence-corrected chi connectivity index (χ4v) is 2.95. The highest BCUT2D eigenvalue weighted by atomic mass is 35.5. The van der Waals surface area contributed by atoms with Crippen LogP contribution in [0.3, 0.4) is 0 Å². The first-order valence-electron chi connectivity index (χ1n) is 6.21. The Bertz CT molecular complexity index is 527. The van der Waals surface area contributed by atoms with E-state index >= 15 is 0 Å². The molecular formula is C14H14ClNO2. The van der Waals surface area contributed by atoms with Crippen LogP contribution in [0.25, 0.3) is 0 Å². The lowest BCUT2D eigenvalue weighted by atomic mass is 10.1. The number of rotatable bonds is 2. The number of benzene rings is 1. The number of anilines is 1. The second-order valence-electron chi connectivity index (χ2n) is 4.99. The molecule has 1 aromatic rings. The average Bonchev–Trinajstić information content (AvgIpc) is 2.93. The maximum absolute atomic E-state index is 11.9. The normalized spacial score (nSPS) is 22.7. The van der Waals surface area contributed by atoms with E-state index in [4.69, 9.17) is 11.6 Å². The minimum atomic E-state index is 0.130. The van der Waals surface area contributed by atoms with Gasteiger partial charge >= 0.3 is 0 Å². The predicted octanol–water partition coefficient (Wildman–Crippen LogP) is 2.41. The second-order valence-corrected chi connectivity index (χ2v) is 5.30. The molecular weight excluding hydrogens is 250 g/mol. The van der Waals surface area contributed by atoms with E-state index in [2.05, 4.69) is 0 Å². The van der Waals surface area contributed by atoms with Crippen LogP contribution in [0, 0.1) is 5.92 Å². The largest absolute Gasteiger partial charge is 0.312 e. The number of halogens is 1. The lowest BCUT2D eigenvalue weighted by Crippen LogP contribution is -2.24. The van der Waals surface area contributed by atoms with Crippen LogP contribution in [0.5, 0.6) is 0 Å². The second kappa shape index (κ2) is 4.39. The Labute approximate surface area is 111 Å². The topological polar surface area (TPSA) is 37.4 Å². The molecule has 1 aliphatic carbocycles. The fourth-order valence-electron chi connectivity index (χ4n) is 2.74. The summed E-state index contributed by atoms with van der Waals surface area (Å²) in [5.41, 5.74) is 2.79. The maximum atomic E-state index is 11.9. The molecule has 4 heteroatoms. The first kappa shape index (κ1) is 11.7. The predicted molar refractivity (Wildman–Crippen MR) is 70.3 cm³/mol. The quantitative estimate of drug-likeness (QED) is 0.769. The smallest absolute Gasteiger partial charge is 0.227 e. The number of amides is 1. The van der Waals surface area contributed by atoms with Crippen molar-refractivity contribution < 1.29 is 9.59 Å². The van der Waals surface area contributed by atoms with Crippen molar-refractivity contribution in [2.45, 2.75) is 19.3 Å². The van der Waals surface area contributed by atoms with Crippen LogP contribution in [0.15, 0.2) is 18.2 Å². The lowest BCUT2D eigenvalue weighted by molar-refractivity contribution is -0.117. The Kier molecular flexibility index (Phi) is 2.86. The molecule has 1 aromatic carbocycles. The molecule has 94 valence electrons. The molecule has 0 aromatic heterocycles. The summed E-state index contributed by atoms with van der Waals surface area (Å²) in [6.45, 7) is 0.690. The SMILES string of the molecule is O=C1CCc2cc(N3CC(CCl)CC3=O)ccc21. The van der Waals surface area contributed by atoms with Gasteiger partial charge in [-0.3, -0.25) is 9.59 Å². The molecule has 1 aliphatic heterocycles. The zero-order chi connectivity index (χ0) is 12.7. The standard InChI is InChI=1S/C14H14ClNO2/c15-7-9-5-14(18)16(8-9)11-2-3-12-10(6-11)1-4-13(12)17/h2-3,6,9H,1,4-5,7-8H2. The van der Waals surface area contributed by atoms with Gasteiger partial charge in [0.2, 0.25) is 5.91 Å². The minimum Gasteiger partial charge on any atom is -0.312 e. The molecule has 3 rings (SSSR count). The van der Waals surface area contributed by atoms with Gasteiger partial charge in [-0.15, -0.1) is 11.6 Å². The van der Waals surface area contributed by atoms with E-state index < -0.39 is 0 Å². The number of alkyl halides is 1. The molecule has 18 heavy (non-hydrogen) atoms. The summed E-state index contributed by atoms with van der Waals surface area (Å²) in [6, 6.07) is 5.70. The van der Waals surface area contributed by atoms with Crippen LogP contribution < -0.4 is 4.90 Å². The number of nitrogens with zero attached hydrogens (tertiary/aromatic N) is 1. The van der Waals surface area contributed by atoms with Crippen molar-refractivity contribution in [3.63, 3.8) is 0 Å². The number of ketones is 1. The summed E-state index contributed by atoms with van der Waals surface area (Å²) in [4.78, 5) is 25.3. The Morgan fingerprint density at radius 1 is 1.28 bits per heavy atom. The van der Waals surface area contributed by atoms with E-state index in [-0.39, 0.29) is 17.6 Å². The molecule has 1 amide bonds. The van der Waals surface area contributed by atoms with E-state index in [1.54, 1.807) is 4.90 Å². The number of aryl methyl sites for hydroxylation is 1. The van der Waals surface area contributed by atoms with Crippen LogP contribution in [0.4, 0.5) is 5.69 Å². The van der Waals surface area contributed by atoms with Gasteiger partial charge in [0.05, 0.1) is 0 Å². The molecule has 0 N–H and O–H groups in total. The Hall–Kier alpha value is -1.35. The van der Waals surface area contributed by atoms with Gasteiger partial charge in [-0.1, -0.05) is 0 Å². The summed E-state index contributed by atoms with van der Waals surface area (Å²) >= 11 is 5.82. The van der Waals surface area contributed by atoms with Crippen LogP contribution in [0.1, 0.15) is 28.8 Å². The fraction of sp³-hybridized carbons (Fsp3) is 0.429. The van der Waals surface area contributed by atoms with Crippen molar-refractivity contribution in [1.82, 2.24) is 0 Å². The molecule has 0 spiro atoms. The third-order valence-electron chi connectivity index (χ3n) is 3.75. The van der Waals surface area contributed by atoms with E-state index in [1.807, 2.05) is 18.2 Å². The molecule has 0 radical (unpaired) electrons. The summed E-state index contributed by atoms with van der Waals surface area (Å²) in [5.74, 6) is 1.10. The van der Waals surface area contributed by atoms with E-state index in [0.717, 1.165) is 23.2 Å². The van der Waals surface area contributed by atoms with Gasteiger partial charge in [-0.2, -0.15) is 0 Å². The average molecular weight is 264 g/mol. The molecule has 0 bridgehead atoms. The number of hydrogen-bond acceptors (Lipinski definition) is 2. The van der Waals surface area contributed by atoms with Crippen molar-refractivity contribution in [2.75, 3.05) is 17.3 Å². The Morgan fingerprint density at radius 2 is 2.11 bits per heavy atom. The molecule has 0 saturated carbocycles. The highest BCUT2D eigenvalue weighted by Crippen LogP contribution is 2.30. The molecule has 1 atom stereocenters. The van der Waals surface area contributed by atoms with Crippen molar-refractivity contribution in [3.05, 3.63) is 29.3 Å². The van der Waals surface area contributed by atoms with Gasteiger partial charge in [0, 0.05) is 36.5 Å². The molecule has 1 saturated heterocycles. The van der Waals surface area contributed by atoms with Crippen LogP contribution >= 0.6 is 11.6 Å². The Morgan fingerprint density at radius 3 is 2.83 bits per heavy atom. The molecule has 1 heterocycles. The number of Topliss-reactive ketones (excluding diaryl/α,β-unsaturated/α-hetero) is 1. The summed E-state index contributed by atoms with van der Waals surface area (Å²) in [6.07, 6.45) is 1.92. The highest BCUT2D eigenvalue weighted by molar-refractivity contribution is 6.18. The van der Waals surface area contributed by atoms with Gasteiger partial charge in [-0.05, 0) is 36.1 Å². The van der Waals surface area contributed by atoms with Gasteiger partial charge in [-0.25, -0.2) is 0 Å². The lowest BCUT2D eigenvalue weighted by Gasteiger charge is -2.17. The van der Waals surface area contributed by atoms with E-state index in [0.29, 0.717) is 25.3 Å². The van der Waals surface area contributed by atoms with Gasteiger partial charge in [0.1, 0.15) is 0 Å². The van der Waals surface area contributed by atoms with Crippen LogP contribution in [-0.2, 0) is 11.2 Å². The summed E-state index contributed by atoms with van der Waals surface area (Å²) in [7, 11) is 0. The zero-order valence-electron chi connectivity index (χ0n) is 9.99.